The summed E-state index contributed by atoms with van der Waals surface area (Å²) >= 11 is 1.72. The fourth-order valence-corrected chi connectivity index (χ4v) is 4.68. The molecule has 2 aromatic heterocycles. The van der Waals surface area contributed by atoms with E-state index in [1.54, 1.807) is 17.4 Å². The minimum Gasteiger partial charge on any atom is -0.343 e. The van der Waals surface area contributed by atoms with Crippen LogP contribution in [0.15, 0.2) is 54.1 Å². The van der Waals surface area contributed by atoms with Gasteiger partial charge in [0.25, 0.3) is 0 Å². The maximum Gasteiger partial charge on any atom is 0.197 e. The number of nitrogens with zero attached hydrogens (tertiary/aromatic N) is 1. The molecule has 0 atom stereocenters. The molecule has 1 aliphatic rings. The third-order valence-corrected chi connectivity index (χ3v) is 6.03. The van der Waals surface area contributed by atoms with Gasteiger partial charge in [-0.25, -0.2) is 0 Å². The molecular weight excluding hydrogens is 342 g/mol. The maximum atomic E-state index is 12.9. The van der Waals surface area contributed by atoms with E-state index < -0.39 is 0 Å². The van der Waals surface area contributed by atoms with Crippen molar-refractivity contribution in [2.75, 3.05) is 0 Å². The number of ketones is 2. The van der Waals surface area contributed by atoms with Crippen LogP contribution in [-0.2, 0) is 7.05 Å². The third kappa shape index (κ3) is 2.06. The number of aryl methyl sites for hydroxylation is 2. The van der Waals surface area contributed by atoms with Gasteiger partial charge >= 0.3 is 0 Å². The monoisotopic (exact) mass is 357 g/mol. The Balaban J connectivity index is 1.67. The van der Waals surface area contributed by atoms with E-state index in [1.165, 1.54) is 4.88 Å². The summed E-state index contributed by atoms with van der Waals surface area (Å²) in [5, 5.41) is 1.95. The normalized spacial score (nSPS) is 13.8. The molecule has 3 nitrogen and oxygen atoms in total. The zero-order valence-corrected chi connectivity index (χ0v) is 15.2. The second-order valence-electron chi connectivity index (χ2n) is 6.70. The quantitative estimate of drug-likeness (QED) is 0.348. The number of rotatable bonds is 1. The van der Waals surface area contributed by atoms with Crippen LogP contribution < -0.4 is 0 Å². The minimum absolute atomic E-state index is 0.184. The van der Waals surface area contributed by atoms with E-state index in [2.05, 4.69) is 13.0 Å². The Bertz CT molecular complexity index is 1230. The molecule has 5 rings (SSSR count). The van der Waals surface area contributed by atoms with Crippen LogP contribution in [0.1, 0.15) is 31.3 Å². The van der Waals surface area contributed by atoms with Gasteiger partial charge in [-0.2, -0.15) is 0 Å². The van der Waals surface area contributed by atoms with Gasteiger partial charge in [-0.15, -0.1) is 11.3 Å². The van der Waals surface area contributed by atoms with Crippen molar-refractivity contribution in [2.45, 2.75) is 6.92 Å². The van der Waals surface area contributed by atoms with Crippen molar-refractivity contribution >= 4 is 50.0 Å². The Morgan fingerprint density at radius 2 is 1.54 bits per heavy atom. The molecule has 26 heavy (non-hydrogen) atoms. The molecule has 0 radical (unpaired) electrons. The summed E-state index contributed by atoms with van der Waals surface area (Å²) in [7, 11) is 1.96. The lowest BCUT2D eigenvalue weighted by atomic mass is 10.0. The first kappa shape index (κ1) is 15.3. The summed E-state index contributed by atoms with van der Waals surface area (Å²) in [5.41, 5.74) is 3.26. The van der Waals surface area contributed by atoms with Gasteiger partial charge in [0.2, 0.25) is 0 Å². The van der Waals surface area contributed by atoms with Crippen molar-refractivity contribution in [3.05, 3.63) is 75.8 Å². The van der Waals surface area contributed by atoms with E-state index in [-0.39, 0.29) is 17.1 Å². The molecule has 1 aliphatic carbocycles. The lowest BCUT2D eigenvalue weighted by molar-refractivity contribution is 0.0990. The predicted octanol–water partition coefficient (Wildman–Crippen LogP) is 5.16. The smallest absolute Gasteiger partial charge is 0.197 e. The molecule has 0 saturated heterocycles. The molecule has 0 spiro atoms. The molecular formula is C22H15NO2S. The molecule has 0 N–H and O–H groups in total. The number of hydrogen-bond acceptors (Lipinski definition) is 3. The number of carbonyl (C=O) groups excluding carboxylic acids is 2. The molecule has 4 heteroatoms. The van der Waals surface area contributed by atoms with Crippen molar-refractivity contribution in [3.63, 3.8) is 0 Å². The Morgan fingerprint density at radius 3 is 2.12 bits per heavy atom. The van der Waals surface area contributed by atoms with Gasteiger partial charge < -0.3 is 4.57 Å². The summed E-state index contributed by atoms with van der Waals surface area (Å²) < 4.78 is 3.20. The standard InChI is InChI=1S/C22H15NO2S/c1-12-7-19-20(26-12)11-15(23(19)2)10-18-21(24)16-8-13-5-3-4-6-14(13)9-17(16)22(18)25/h3-11H,1-2H3. The van der Waals surface area contributed by atoms with Crippen LogP contribution >= 0.6 is 11.3 Å². The molecule has 0 aliphatic heterocycles. The average Bonchev–Trinajstić information content (AvgIpc) is 3.21. The lowest BCUT2D eigenvalue weighted by Gasteiger charge is -2.00. The summed E-state index contributed by atoms with van der Waals surface area (Å²) in [5.74, 6) is -0.368. The number of allylic oxidation sites excluding steroid dienone is 1. The summed E-state index contributed by atoms with van der Waals surface area (Å²) in [4.78, 5) is 27.0. The summed E-state index contributed by atoms with van der Waals surface area (Å²) in [6, 6.07) is 15.6. The Morgan fingerprint density at radius 1 is 0.923 bits per heavy atom. The molecule has 0 bridgehead atoms. The summed E-state index contributed by atoms with van der Waals surface area (Å²) in [6.45, 7) is 2.08. The van der Waals surface area contributed by atoms with Crippen molar-refractivity contribution in [3.8, 4) is 0 Å². The van der Waals surface area contributed by atoms with E-state index in [0.29, 0.717) is 11.1 Å². The highest BCUT2D eigenvalue weighted by molar-refractivity contribution is 7.19. The molecule has 0 saturated carbocycles. The van der Waals surface area contributed by atoms with Crippen LogP contribution in [0.3, 0.4) is 0 Å². The van der Waals surface area contributed by atoms with Crippen molar-refractivity contribution in [1.29, 1.82) is 0 Å². The first-order valence-electron chi connectivity index (χ1n) is 8.43. The van der Waals surface area contributed by atoms with E-state index in [4.69, 9.17) is 0 Å². The van der Waals surface area contributed by atoms with Gasteiger partial charge in [-0.05, 0) is 48.0 Å². The highest BCUT2D eigenvalue weighted by Crippen LogP contribution is 2.33. The number of aromatic nitrogens is 1. The van der Waals surface area contributed by atoms with Crippen LogP contribution in [-0.4, -0.2) is 16.1 Å². The van der Waals surface area contributed by atoms with Gasteiger partial charge in [-0.1, -0.05) is 24.3 Å². The van der Waals surface area contributed by atoms with Crippen molar-refractivity contribution in [1.82, 2.24) is 4.57 Å². The van der Waals surface area contributed by atoms with Gasteiger partial charge in [0, 0.05) is 28.7 Å². The van der Waals surface area contributed by atoms with Crippen LogP contribution in [0.4, 0.5) is 0 Å². The number of hydrogen-bond donors (Lipinski definition) is 0. The van der Waals surface area contributed by atoms with Crippen LogP contribution in [0.5, 0.6) is 0 Å². The second-order valence-corrected chi connectivity index (χ2v) is 7.98. The van der Waals surface area contributed by atoms with Crippen LogP contribution in [0.2, 0.25) is 0 Å². The molecule has 126 valence electrons. The van der Waals surface area contributed by atoms with E-state index in [1.807, 2.05) is 54.1 Å². The molecule has 4 aromatic rings. The predicted molar refractivity (Wildman–Crippen MR) is 106 cm³/mol. The molecule has 0 amide bonds. The fourth-order valence-electron chi connectivity index (χ4n) is 3.68. The zero-order valence-electron chi connectivity index (χ0n) is 14.4. The number of thiophene rings is 1. The topological polar surface area (TPSA) is 39.1 Å². The molecule has 0 unspecified atom stereocenters. The molecule has 0 fully saturated rings. The zero-order chi connectivity index (χ0) is 18.0. The lowest BCUT2D eigenvalue weighted by Crippen LogP contribution is -2.01. The van der Waals surface area contributed by atoms with Gasteiger partial charge in [-0.3, -0.25) is 9.59 Å². The highest BCUT2D eigenvalue weighted by Gasteiger charge is 2.33. The van der Waals surface area contributed by atoms with Crippen LogP contribution in [0, 0.1) is 6.92 Å². The van der Waals surface area contributed by atoms with Gasteiger partial charge in [0.15, 0.2) is 11.6 Å². The molecule has 2 aromatic carbocycles. The minimum atomic E-state index is -0.184. The van der Waals surface area contributed by atoms with Gasteiger partial charge in [0.05, 0.1) is 15.8 Å². The average molecular weight is 357 g/mol. The van der Waals surface area contributed by atoms with Gasteiger partial charge in [0.1, 0.15) is 0 Å². The Kier molecular flexibility index (Phi) is 3.09. The van der Waals surface area contributed by atoms with E-state index in [0.717, 1.165) is 26.7 Å². The molecule has 2 heterocycles. The number of benzene rings is 2. The number of fused-ring (bicyclic) bond motifs is 3. The van der Waals surface area contributed by atoms with E-state index >= 15 is 0 Å². The maximum absolute atomic E-state index is 12.9. The van der Waals surface area contributed by atoms with Crippen molar-refractivity contribution < 1.29 is 9.59 Å². The highest BCUT2D eigenvalue weighted by atomic mass is 32.1. The second kappa shape index (κ2) is 5.26. The fraction of sp³-hybridized carbons (Fsp3) is 0.0909. The SMILES string of the molecule is Cc1cc2c(cc(C=C3C(=O)c4cc5ccccc5cc4C3=O)n2C)s1. The van der Waals surface area contributed by atoms with E-state index in [9.17, 15) is 9.59 Å². The Hall–Kier alpha value is -2.98. The first-order valence-corrected chi connectivity index (χ1v) is 9.24. The third-order valence-electron chi connectivity index (χ3n) is 5.05. The Labute approximate surface area is 154 Å². The summed E-state index contributed by atoms with van der Waals surface area (Å²) in [6.07, 6.45) is 1.73. The van der Waals surface area contributed by atoms with Crippen molar-refractivity contribution in [2.24, 2.45) is 7.05 Å². The van der Waals surface area contributed by atoms with Crippen LogP contribution in [0.25, 0.3) is 27.1 Å². The largest absolute Gasteiger partial charge is 0.343 e. The number of Topliss-reactive ketones (excluding diaryl/α,β-unsaturated/α-hetero) is 2. The number of carbonyl (C=O) groups is 2. The first-order chi connectivity index (χ1) is 12.5.